The van der Waals surface area contributed by atoms with Crippen LogP contribution in [0, 0.1) is 5.92 Å². The van der Waals surface area contributed by atoms with Gasteiger partial charge in [-0.15, -0.1) is 0 Å². The third-order valence-corrected chi connectivity index (χ3v) is 4.39. The molecule has 1 aromatic heterocycles. The van der Waals surface area contributed by atoms with Crippen molar-refractivity contribution in [2.75, 3.05) is 27.1 Å². The van der Waals surface area contributed by atoms with Gasteiger partial charge in [0.1, 0.15) is 0 Å². The number of hydrogen-bond donors (Lipinski definition) is 0. The van der Waals surface area contributed by atoms with E-state index in [1.165, 1.54) is 0 Å². The highest BCUT2D eigenvalue weighted by molar-refractivity contribution is 5.95. The molecule has 0 bridgehead atoms. The predicted molar refractivity (Wildman–Crippen MR) is 84.9 cm³/mol. The molecular weight excluding hydrogens is 310 g/mol. The molecule has 0 saturated carbocycles. The Balaban J connectivity index is 1.60. The maximum absolute atomic E-state index is 13.0. The molecule has 0 aliphatic carbocycles. The lowest BCUT2D eigenvalue weighted by atomic mass is 10.1. The first-order valence-corrected chi connectivity index (χ1v) is 7.91. The zero-order valence-corrected chi connectivity index (χ0v) is 13.5. The first-order valence-electron chi connectivity index (χ1n) is 7.91. The summed E-state index contributed by atoms with van der Waals surface area (Å²) in [5, 5.41) is 0. The van der Waals surface area contributed by atoms with Gasteiger partial charge in [-0.25, -0.2) is 4.98 Å². The molecule has 0 spiro atoms. The fourth-order valence-corrected chi connectivity index (χ4v) is 3.26. The normalized spacial score (nSPS) is 19.0. The number of amides is 1. The van der Waals surface area contributed by atoms with Gasteiger partial charge in [-0.05, 0) is 18.2 Å². The van der Waals surface area contributed by atoms with Crippen molar-refractivity contribution in [3.8, 4) is 11.5 Å². The topological polar surface area (TPSA) is 65.8 Å². The summed E-state index contributed by atoms with van der Waals surface area (Å²) < 4.78 is 18.1. The van der Waals surface area contributed by atoms with Crippen LogP contribution in [0.2, 0.25) is 0 Å². The highest BCUT2D eigenvalue weighted by atomic mass is 16.7. The summed E-state index contributed by atoms with van der Waals surface area (Å²) in [7, 11) is 1.68. The van der Waals surface area contributed by atoms with Gasteiger partial charge in [0.2, 0.25) is 6.79 Å². The summed E-state index contributed by atoms with van der Waals surface area (Å²) in [6.07, 6.45) is 3.63. The fourth-order valence-electron chi connectivity index (χ4n) is 3.26. The quantitative estimate of drug-likeness (QED) is 0.854. The summed E-state index contributed by atoms with van der Waals surface area (Å²) in [4.78, 5) is 19.0. The summed E-state index contributed by atoms with van der Waals surface area (Å²) in [6.45, 7) is 2.78. The predicted octanol–water partition coefficient (Wildman–Crippen LogP) is 1.53. The molecule has 126 valence electrons. The lowest BCUT2D eigenvalue weighted by Crippen LogP contribution is -2.35. The van der Waals surface area contributed by atoms with E-state index < -0.39 is 0 Å². The molecule has 0 fully saturated rings. The Hall–Kier alpha value is -2.54. The number of fused-ring (bicyclic) bond motifs is 2. The molecule has 2 aliphatic rings. The Kier molecular flexibility index (Phi) is 3.86. The van der Waals surface area contributed by atoms with Gasteiger partial charge in [0.05, 0.1) is 25.2 Å². The number of methoxy groups -OCH3 is 1. The summed E-state index contributed by atoms with van der Waals surface area (Å²) in [5.74, 6) is 1.50. The Labute approximate surface area is 139 Å². The second-order valence-electron chi connectivity index (χ2n) is 6.11. The third kappa shape index (κ3) is 2.71. The minimum absolute atomic E-state index is 0.0240. The van der Waals surface area contributed by atoms with Crippen molar-refractivity contribution >= 4 is 5.91 Å². The van der Waals surface area contributed by atoms with Crippen molar-refractivity contribution < 1.29 is 19.0 Å². The van der Waals surface area contributed by atoms with Gasteiger partial charge in [-0.1, -0.05) is 0 Å². The van der Waals surface area contributed by atoms with Gasteiger partial charge in [0, 0.05) is 37.9 Å². The zero-order chi connectivity index (χ0) is 16.5. The lowest BCUT2D eigenvalue weighted by Gasteiger charge is -2.24. The number of imidazole rings is 1. The lowest BCUT2D eigenvalue weighted by molar-refractivity contribution is 0.0667. The maximum Gasteiger partial charge on any atom is 0.254 e. The average molecular weight is 329 g/mol. The number of rotatable bonds is 3. The van der Waals surface area contributed by atoms with E-state index >= 15 is 0 Å². The van der Waals surface area contributed by atoms with Crippen LogP contribution in [-0.4, -0.2) is 47.4 Å². The Bertz CT molecular complexity index is 758. The van der Waals surface area contributed by atoms with Crippen molar-refractivity contribution in [3.63, 3.8) is 0 Å². The van der Waals surface area contributed by atoms with Crippen molar-refractivity contribution in [1.82, 2.24) is 14.5 Å². The molecule has 1 amide bonds. The number of benzene rings is 1. The Morgan fingerprint density at radius 3 is 3.08 bits per heavy atom. The fraction of sp³-hybridized carbons (Fsp3) is 0.412. The van der Waals surface area contributed by atoms with Crippen LogP contribution in [0.1, 0.15) is 16.1 Å². The van der Waals surface area contributed by atoms with E-state index in [9.17, 15) is 4.79 Å². The van der Waals surface area contributed by atoms with E-state index in [1.54, 1.807) is 25.3 Å². The Morgan fingerprint density at radius 1 is 1.33 bits per heavy atom. The first kappa shape index (κ1) is 15.0. The molecule has 0 unspecified atom stereocenters. The van der Waals surface area contributed by atoms with Crippen LogP contribution >= 0.6 is 0 Å². The maximum atomic E-state index is 13.0. The molecule has 2 aliphatic heterocycles. The highest BCUT2D eigenvalue weighted by Gasteiger charge is 2.27. The van der Waals surface area contributed by atoms with Crippen molar-refractivity contribution in [2.45, 2.75) is 13.1 Å². The molecule has 0 N–H and O–H groups in total. The van der Waals surface area contributed by atoms with Crippen LogP contribution in [0.5, 0.6) is 11.5 Å². The van der Waals surface area contributed by atoms with Gasteiger partial charge in [-0.2, -0.15) is 0 Å². The molecule has 0 saturated heterocycles. The van der Waals surface area contributed by atoms with Gasteiger partial charge < -0.3 is 23.7 Å². The molecule has 7 heteroatoms. The molecule has 1 aromatic carbocycles. The minimum Gasteiger partial charge on any atom is -0.454 e. The van der Waals surface area contributed by atoms with E-state index in [-0.39, 0.29) is 18.6 Å². The van der Waals surface area contributed by atoms with E-state index in [0.717, 1.165) is 12.2 Å². The second-order valence-corrected chi connectivity index (χ2v) is 6.11. The Morgan fingerprint density at radius 2 is 2.21 bits per heavy atom. The van der Waals surface area contributed by atoms with E-state index in [0.29, 0.717) is 36.8 Å². The number of ether oxygens (including phenoxy) is 3. The molecule has 3 heterocycles. The number of carbonyl (C=O) groups is 1. The minimum atomic E-state index is -0.0240. The second kappa shape index (κ2) is 6.16. The largest absolute Gasteiger partial charge is 0.454 e. The van der Waals surface area contributed by atoms with Gasteiger partial charge in [0.25, 0.3) is 5.91 Å². The average Bonchev–Trinajstić information content (AvgIpc) is 3.19. The van der Waals surface area contributed by atoms with Crippen molar-refractivity contribution in [2.24, 2.45) is 5.92 Å². The monoisotopic (exact) mass is 329 g/mol. The summed E-state index contributed by atoms with van der Waals surface area (Å²) in [6, 6.07) is 5.31. The van der Waals surface area contributed by atoms with Crippen molar-refractivity contribution in [1.29, 1.82) is 0 Å². The standard InChI is InChI=1S/C17H19N3O4/c1-22-9-12-6-19(8-14-5-18-10-20(14)7-12)17(21)13-2-3-15-16(4-13)24-11-23-15/h2-5,10,12H,6-9,11H2,1H3/t12-/m0/s1. The molecule has 4 rings (SSSR count). The van der Waals surface area contributed by atoms with E-state index in [2.05, 4.69) is 9.55 Å². The van der Waals surface area contributed by atoms with Crippen LogP contribution < -0.4 is 9.47 Å². The molecule has 0 radical (unpaired) electrons. The van der Waals surface area contributed by atoms with Crippen LogP contribution in [0.3, 0.4) is 0 Å². The van der Waals surface area contributed by atoms with E-state index in [4.69, 9.17) is 14.2 Å². The SMILES string of the molecule is COC[C@H]1CN(C(=O)c2ccc3c(c2)OCO3)Cc2cncn2C1. The summed E-state index contributed by atoms with van der Waals surface area (Å²) >= 11 is 0. The first-order chi connectivity index (χ1) is 11.7. The van der Waals surface area contributed by atoms with Crippen LogP contribution in [0.4, 0.5) is 0 Å². The summed E-state index contributed by atoms with van der Waals surface area (Å²) in [5.41, 5.74) is 1.63. The van der Waals surface area contributed by atoms with E-state index in [1.807, 2.05) is 17.4 Å². The van der Waals surface area contributed by atoms with Crippen molar-refractivity contribution in [3.05, 3.63) is 42.0 Å². The van der Waals surface area contributed by atoms with Gasteiger partial charge >= 0.3 is 0 Å². The number of aromatic nitrogens is 2. The van der Waals surface area contributed by atoms with Gasteiger partial charge in [0.15, 0.2) is 11.5 Å². The molecule has 2 aromatic rings. The van der Waals surface area contributed by atoms with Gasteiger partial charge in [-0.3, -0.25) is 4.79 Å². The van der Waals surface area contributed by atoms with Crippen LogP contribution in [0.25, 0.3) is 0 Å². The zero-order valence-electron chi connectivity index (χ0n) is 13.5. The molecule has 7 nitrogen and oxygen atoms in total. The molecular formula is C17H19N3O4. The molecule has 24 heavy (non-hydrogen) atoms. The smallest absolute Gasteiger partial charge is 0.254 e. The highest BCUT2D eigenvalue weighted by Crippen LogP contribution is 2.33. The van der Waals surface area contributed by atoms with Crippen LogP contribution in [-0.2, 0) is 17.8 Å². The van der Waals surface area contributed by atoms with Crippen LogP contribution in [0.15, 0.2) is 30.7 Å². The number of carbonyl (C=O) groups excluding carboxylic acids is 1. The molecule has 1 atom stereocenters. The number of hydrogen-bond acceptors (Lipinski definition) is 5. The number of nitrogens with zero attached hydrogens (tertiary/aromatic N) is 3. The third-order valence-electron chi connectivity index (χ3n) is 4.39.